The summed E-state index contributed by atoms with van der Waals surface area (Å²) in [6, 6.07) is 15.2. The highest BCUT2D eigenvalue weighted by Crippen LogP contribution is 2.22. The highest BCUT2D eigenvalue weighted by molar-refractivity contribution is 9.10. The quantitative estimate of drug-likeness (QED) is 0.451. The van der Waals surface area contributed by atoms with Gasteiger partial charge < -0.3 is 10.2 Å². The van der Waals surface area contributed by atoms with Crippen molar-refractivity contribution in [2.45, 2.75) is 57.0 Å². The summed E-state index contributed by atoms with van der Waals surface area (Å²) in [7, 11) is 0. The molecule has 1 fully saturated rings. The molecule has 1 N–H and O–H groups in total. The lowest BCUT2D eigenvalue weighted by molar-refractivity contribution is -0.138. The fourth-order valence-corrected chi connectivity index (χ4v) is 5.03. The molecular formula is C24H28BrClN2O2S. The largest absolute Gasteiger partial charge is 0.352 e. The molecule has 2 aromatic rings. The van der Waals surface area contributed by atoms with E-state index in [1.165, 1.54) is 0 Å². The third kappa shape index (κ3) is 7.26. The molecule has 1 atom stereocenters. The summed E-state index contributed by atoms with van der Waals surface area (Å²) in [6.45, 7) is 2.12. The number of nitrogens with one attached hydrogen (secondary N) is 1. The van der Waals surface area contributed by atoms with E-state index in [9.17, 15) is 9.59 Å². The van der Waals surface area contributed by atoms with Crippen molar-refractivity contribution in [2.24, 2.45) is 0 Å². The van der Waals surface area contributed by atoms with Crippen LogP contribution in [0.1, 0.15) is 43.7 Å². The molecule has 0 radical (unpaired) electrons. The number of hydrogen-bond donors (Lipinski definition) is 1. The number of carbonyl (C=O) groups excluding carboxylic acids is 2. The Morgan fingerprint density at radius 1 is 1.16 bits per heavy atom. The molecule has 1 unspecified atom stereocenters. The van der Waals surface area contributed by atoms with Gasteiger partial charge in [0, 0.05) is 27.8 Å². The lowest BCUT2D eigenvalue weighted by atomic mass is 10.1. The Morgan fingerprint density at radius 3 is 2.52 bits per heavy atom. The van der Waals surface area contributed by atoms with Crippen molar-refractivity contribution in [3.8, 4) is 0 Å². The van der Waals surface area contributed by atoms with Crippen molar-refractivity contribution in [3.05, 3.63) is 69.2 Å². The van der Waals surface area contributed by atoms with Crippen molar-refractivity contribution in [2.75, 3.05) is 5.75 Å². The van der Waals surface area contributed by atoms with E-state index in [0.29, 0.717) is 17.3 Å². The standard InChI is InChI=1S/C24H28BrClN2O2S/c1-17(24(30)27-21-7-3-4-8-21)28(14-19-6-2-5-9-22(19)26)23(29)16-31-15-18-10-12-20(25)13-11-18/h2,5-6,9-13,17,21H,3-4,7-8,14-16H2,1H3,(H,27,30). The highest BCUT2D eigenvalue weighted by atomic mass is 79.9. The Labute approximate surface area is 202 Å². The molecule has 166 valence electrons. The fraction of sp³-hybridized carbons (Fsp3) is 0.417. The van der Waals surface area contributed by atoms with E-state index in [4.69, 9.17) is 11.6 Å². The number of nitrogens with zero attached hydrogens (tertiary/aromatic N) is 1. The molecule has 1 saturated carbocycles. The van der Waals surface area contributed by atoms with Crippen LogP contribution in [0, 0.1) is 0 Å². The maximum Gasteiger partial charge on any atom is 0.242 e. The van der Waals surface area contributed by atoms with Gasteiger partial charge in [-0.2, -0.15) is 0 Å². The Bertz CT molecular complexity index is 887. The second kappa shape index (κ2) is 11.9. The SMILES string of the molecule is CC(C(=O)NC1CCCC1)N(Cc1ccccc1Cl)C(=O)CSCc1ccc(Br)cc1. The topological polar surface area (TPSA) is 49.4 Å². The van der Waals surface area contributed by atoms with Crippen LogP contribution < -0.4 is 5.32 Å². The molecule has 3 rings (SSSR count). The minimum absolute atomic E-state index is 0.0592. The molecule has 2 amide bonds. The van der Waals surface area contributed by atoms with Gasteiger partial charge in [-0.1, -0.05) is 70.7 Å². The first kappa shape index (κ1) is 24.1. The van der Waals surface area contributed by atoms with Crippen molar-refractivity contribution >= 4 is 51.1 Å². The molecule has 2 aromatic carbocycles. The summed E-state index contributed by atoms with van der Waals surface area (Å²) in [5.41, 5.74) is 2.00. The van der Waals surface area contributed by atoms with Crippen molar-refractivity contribution in [3.63, 3.8) is 0 Å². The molecule has 0 heterocycles. The first-order valence-electron chi connectivity index (χ1n) is 10.6. The first-order chi connectivity index (χ1) is 14.9. The molecule has 0 saturated heterocycles. The number of carbonyl (C=O) groups is 2. The van der Waals surface area contributed by atoms with Gasteiger partial charge in [0.15, 0.2) is 0 Å². The summed E-state index contributed by atoms with van der Waals surface area (Å²) >= 11 is 11.3. The normalized spacial score (nSPS) is 14.9. The fourth-order valence-electron chi connectivity index (χ4n) is 3.70. The van der Waals surface area contributed by atoms with Gasteiger partial charge in [-0.3, -0.25) is 9.59 Å². The van der Waals surface area contributed by atoms with Gasteiger partial charge in [0.2, 0.25) is 11.8 Å². The van der Waals surface area contributed by atoms with Crippen LogP contribution in [0.5, 0.6) is 0 Å². The van der Waals surface area contributed by atoms with Crippen LogP contribution in [-0.2, 0) is 21.9 Å². The second-order valence-electron chi connectivity index (χ2n) is 7.90. The van der Waals surface area contributed by atoms with Gasteiger partial charge in [-0.25, -0.2) is 0 Å². The summed E-state index contributed by atoms with van der Waals surface area (Å²) in [5.74, 6) is 0.893. The van der Waals surface area contributed by atoms with E-state index >= 15 is 0 Å². The van der Waals surface area contributed by atoms with Gasteiger partial charge in [0.1, 0.15) is 6.04 Å². The minimum Gasteiger partial charge on any atom is -0.352 e. The van der Waals surface area contributed by atoms with Crippen LogP contribution in [0.3, 0.4) is 0 Å². The Kier molecular flexibility index (Phi) is 9.30. The van der Waals surface area contributed by atoms with E-state index < -0.39 is 6.04 Å². The Balaban J connectivity index is 1.66. The molecule has 0 aliphatic heterocycles. The average molecular weight is 524 g/mol. The third-order valence-electron chi connectivity index (χ3n) is 5.57. The molecular weight excluding hydrogens is 496 g/mol. The zero-order valence-electron chi connectivity index (χ0n) is 17.7. The van der Waals surface area contributed by atoms with Gasteiger partial charge in [0.25, 0.3) is 0 Å². The number of hydrogen-bond acceptors (Lipinski definition) is 3. The zero-order valence-corrected chi connectivity index (χ0v) is 20.8. The lowest BCUT2D eigenvalue weighted by Crippen LogP contribution is -2.50. The van der Waals surface area contributed by atoms with Gasteiger partial charge >= 0.3 is 0 Å². The first-order valence-corrected chi connectivity index (χ1v) is 12.9. The van der Waals surface area contributed by atoms with Crippen LogP contribution >= 0.6 is 39.3 Å². The molecule has 0 spiro atoms. The molecule has 7 heteroatoms. The molecule has 1 aliphatic rings. The molecule has 31 heavy (non-hydrogen) atoms. The monoisotopic (exact) mass is 522 g/mol. The maximum atomic E-state index is 13.2. The summed E-state index contributed by atoms with van der Waals surface area (Å²) in [5, 5.41) is 3.73. The lowest BCUT2D eigenvalue weighted by Gasteiger charge is -2.30. The highest BCUT2D eigenvalue weighted by Gasteiger charge is 2.28. The predicted octanol–water partition coefficient (Wildman–Crippen LogP) is 5.81. The zero-order chi connectivity index (χ0) is 22.2. The van der Waals surface area contributed by atoms with Gasteiger partial charge in [0.05, 0.1) is 5.75 Å². The predicted molar refractivity (Wildman–Crippen MR) is 132 cm³/mol. The number of amides is 2. The minimum atomic E-state index is -0.558. The third-order valence-corrected chi connectivity index (χ3v) is 7.46. The number of thioether (sulfide) groups is 1. The summed E-state index contributed by atoms with van der Waals surface area (Å²) < 4.78 is 1.03. The maximum absolute atomic E-state index is 13.2. The molecule has 4 nitrogen and oxygen atoms in total. The Hall–Kier alpha value is -1.50. The van der Waals surface area contributed by atoms with Crippen LogP contribution in [-0.4, -0.2) is 34.6 Å². The van der Waals surface area contributed by atoms with Crippen LogP contribution in [0.25, 0.3) is 0 Å². The van der Waals surface area contributed by atoms with E-state index in [1.807, 2.05) is 48.5 Å². The van der Waals surface area contributed by atoms with E-state index in [2.05, 4.69) is 21.2 Å². The van der Waals surface area contributed by atoms with E-state index in [0.717, 1.165) is 47.0 Å². The number of rotatable bonds is 9. The van der Waals surface area contributed by atoms with Crippen LogP contribution in [0.2, 0.25) is 5.02 Å². The van der Waals surface area contributed by atoms with Crippen LogP contribution in [0.15, 0.2) is 53.0 Å². The molecule has 0 bridgehead atoms. The second-order valence-corrected chi connectivity index (χ2v) is 10.2. The van der Waals surface area contributed by atoms with E-state index in [1.54, 1.807) is 23.6 Å². The smallest absolute Gasteiger partial charge is 0.242 e. The Morgan fingerprint density at radius 2 is 1.84 bits per heavy atom. The van der Waals surface area contributed by atoms with Gasteiger partial charge in [-0.15, -0.1) is 11.8 Å². The van der Waals surface area contributed by atoms with Crippen molar-refractivity contribution in [1.29, 1.82) is 0 Å². The molecule has 1 aliphatic carbocycles. The van der Waals surface area contributed by atoms with Crippen molar-refractivity contribution in [1.82, 2.24) is 10.2 Å². The van der Waals surface area contributed by atoms with E-state index in [-0.39, 0.29) is 17.9 Å². The summed E-state index contributed by atoms with van der Waals surface area (Å²) in [6.07, 6.45) is 4.32. The molecule has 0 aromatic heterocycles. The summed E-state index contributed by atoms with van der Waals surface area (Å²) in [4.78, 5) is 27.7. The van der Waals surface area contributed by atoms with Crippen LogP contribution in [0.4, 0.5) is 0 Å². The number of halogens is 2. The van der Waals surface area contributed by atoms with Gasteiger partial charge in [-0.05, 0) is 49.1 Å². The average Bonchev–Trinajstić information content (AvgIpc) is 3.27. The van der Waals surface area contributed by atoms with Crippen molar-refractivity contribution < 1.29 is 9.59 Å². The number of benzene rings is 2.